The normalized spacial score (nSPS) is 17.7. The maximum atomic E-state index is 14.1. The molecule has 1 saturated carbocycles. The lowest BCUT2D eigenvalue weighted by atomic mass is 9.74. The van der Waals surface area contributed by atoms with Crippen LogP contribution in [0, 0.1) is 17.7 Å². The summed E-state index contributed by atoms with van der Waals surface area (Å²) in [4.78, 5) is 12.4. The minimum Gasteiger partial charge on any atom is -0.494 e. The van der Waals surface area contributed by atoms with E-state index in [1.165, 1.54) is 69.9 Å². The fraction of sp³-hybridized carbons (Fsp3) is 0.567. The van der Waals surface area contributed by atoms with Gasteiger partial charge in [-0.1, -0.05) is 65.2 Å². The summed E-state index contributed by atoms with van der Waals surface area (Å²) in [5, 5.41) is 0. The monoisotopic (exact) mass is 484 g/mol. The van der Waals surface area contributed by atoms with Gasteiger partial charge >= 0.3 is 5.97 Å². The van der Waals surface area contributed by atoms with E-state index in [0.717, 1.165) is 36.5 Å². The number of carbonyl (C=O) groups excluding carboxylic acids is 1. The third-order valence-corrected chi connectivity index (χ3v) is 6.90. The molecule has 192 valence electrons. The van der Waals surface area contributed by atoms with Gasteiger partial charge in [-0.25, -0.2) is 9.18 Å². The zero-order valence-corrected chi connectivity index (χ0v) is 21.4. The van der Waals surface area contributed by atoms with E-state index in [1.807, 2.05) is 6.92 Å². The van der Waals surface area contributed by atoms with Crippen LogP contribution in [-0.4, -0.2) is 19.2 Å². The van der Waals surface area contributed by atoms with E-state index in [4.69, 9.17) is 14.2 Å². The molecule has 0 aromatic heterocycles. The highest BCUT2D eigenvalue weighted by Gasteiger charge is 2.24. The van der Waals surface area contributed by atoms with Crippen molar-refractivity contribution in [1.82, 2.24) is 0 Å². The fourth-order valence-corrected chi connectivity index (χ4v) is 4.96. The fourth-order valence-electron chi connectivity index (χ4n) is 4.96. The van der Waals surface area contributed by atoms with Gasteiger partial charge in [0, 0.05) is 0 Å². The molecule has 0 N–H and O–H groups in total. The molecule has 0 spiro atoms. The smallest absolute Gasteiger partial charge is 0.343 e. The van der Waals surface area contributed by atoms with Crippen LogP contribution in [0.1, 0.15) is 94.8 Å². The Kier molecular flexibility index (Phi) is 11.4. The Morgan fingerprint density at radius 3 is 2.17 bits per heavy atom. The molecule has 0 heterocycles. The van der Waals surface area contributed by atoms with Gasteiger partial charge < -0.3 is 14.2 Å². The first kappa shape index (κ1) is 27.0. The number of unbranched alkanes of at least 4 members (excludes halogenated alkanes) is 2. The second-order valence-corrected chi connectivity index (χ2v) is 9.65. The molecule has 5 heteroatoms. The molecule has 4 nitrogen and oxygen atoms in total. The van der Waals surface area contributed by atoms with E-state index in [-0.39, 0.29) is 11.3 Å². The first-order valence-corrected chi connectivity index (χ1v) is 13.5. The summed E-state index contributed by atoms with van der Waals surface area (Å²) in [6.07, 6.45) is 14.0. The highest BCUT2D eigenvalue weighted by Crippen LogP contribution is 2.36. The number of rotatable bonds is 14. The number of benzene rings is 2. The zero-order valence-electron chi connectivity index (χ0n) is 21.4. The number of ether oxygens (including phenoxy) is 3. The van der Waals surface area contributed by atoms with Crippen LogP contribution < -0.4 is 14.2 Å². The summed E-state index contributed by atoms with van der Waals surface area (Å²) in [5.74, 6) is 1.86. The maximum Gasteiger partial charge on any atom is 0.343 e. The molecule has 0 bridgehead atoms. The van der Waals surface area contributed by atoms with Crippen molar-refractivity contribution in [3.05, 3.63) is 53.8 Å². The summed E-state index contributed by atoms with van der Waals surface area (Å²) in [7, 11) is 0. The van der Waals surface area contributed by atoms with Crippen LogP contribution in [0.2, 0.25) is 0 Å². The second-order valence-electron chi connectivity index (χ2n) is 9.65. The molecule has 1 aliphatic rings. The lowest BCUT2D eigenvalue weighted by Gasteiger charge is -2.31. The molecule has 0 amide bonds. The third kappa shape index (κ3) is 8.87. The van der Waals surface area contributed by atoms with Gasteiger partial charge in [-0.15, -0.1) is 0 Å². The number of esters is 1. The lowest BCUT2D eigenvalue weighted by molar-refractivity contribution is 0.0734. The summed E-state index contributed by atoms with van der Waals surface area (Å²) < 4.78 is 30.8. The summed E-state index contributed by atoms with van der Waals surface area (Å²) in [6, 6.07) is 11.1. The highest BCUT2D eigenvalue weighted by atomic mass is 19.1. The number of hydrogen-bond donors (Lipinski definition) is 0. The lowest BCUT2D eigenvalue weighted by Crippen LogP contribution is -2.20. The van der Waals surface area contributed by atoms with Crippen LogP contribution >= 0.6 is 0 Å². The predicted octanol–water partition coefficient (Wildman–Crippen LogP) is 8.38. The molecule has 0 saturated heterocycles. The Morgan fingerprint density at radius 1 is 0.829 bits per heavy atom. The molecule has 1 fully saturated rings. The Hall–Kier alpha value is -2.56. The van der Waals surface area contributed by atoms with Crippen molar-refractivity contribution in [3.8, 4) is 17.2 Å². The maximum absolute atomic E-state index is 14.1. The van der Waals surface area contributed by atoms with Crippen LogP contribution in [0.25, 0.3) is 0 Å². The average molecular weight is 485 g/mol. The number of hydrogen-bond acceptors (Lipinski definition) is 4. The Bertz CT molecular complexity index is 896. The quantitative estimate of drug-likeness (QED) is 0.153. The van der Waals surface area contributed by atoms with Gasteiger partial charge in [-0.2, -0.15) is 0 Å². The van der Waals surface area contributed by atoms with Gasteiger partial charge in [0.15, 0.2) is 11.6 Å². The Balaban J connectivity index is 1.41. The first-order valence-electron chi connectivity index (χ1n) is 13.5. The summed E-state index contributed by atoms with van der Waals surface area (Å²) in [6.45, 7) is 5.34. The summed E-state index contributed by atoms with van der Waals surface area (Å²) >= 11 is 0. The highest BCUT2D eigenvalue weighted by molar-refractivity contribution is 5.91. The second kappa shape index (κ2) is 14.8. The number of halogens is 1. The molecule has 35 heavy (non-hydrogen) atoms. The van der Waals surface area contributed by atoms with E-state index in [2.05, 4.69) is 6.92 Å². The number of carbonyl (C=O) groups is 1. The zero-order chi connectivity index (χ0) is 24.9. The van der Waals surface area contributed by atoms with Crippen molar-refractivity contribution >= 4 is 5.97 Å². The van der Waals surface area contributed by atoms with Crippen LogP contribution in [0.15, 0.2) is 42.5 Å². The van der Waals surface area contributed by atoms with Crippen molar-refractivity contribution in [3.63, 3.8) is 0 Å². The van der Waals surface area contributed by atoms with Crippen LogP contribution in [-0.2, 0) is 0 Å². The van der Waals surface area contributed by atoms with Gasteiger partial charge in [0.05, 0.1) is 18.8 Å². The van der Waals surface area contributed by atoms with E-state index in [0.29, 0.717) is 19.0 Å². The van der Waals surface area contributed by atoms with E-state index >= 15 is 0 Å². The SMILES string of the molecule is CCCCCC1CCCCC1CCCOc1ccc(OC(=O)c2ccc(OCCC)c(F)c2)cc1. The van der Waals surface area contributed by atoms with E-state index in [9.17, 15) is 9.18 Å². The van der Waals surface area contributed by atoms with E-state index in [1.54, 1.807) is 24.3 Å². The molecule has 2 unspecified atom stereocenters. The third-order valence-electron chi connectivity index (χ3n) is 6.90. The molecule has 2 aromatic carbocycles. The van der Waals surface area contributed by atoms with Crippen LogP contribution in [0.4, 0.5) is 4.39 Å². The van der Waals surface area contributed by atoms with Gasteiger partial charge in [-0.3, -0.25) is 0 Å². The van der Waals surface area contributed by atoms with Crippen LogP contribution in [0.3, 0.4) is 0 Å². The minimum absolute atomic E-state index is 0.139. The van der Waals surface area contributed by atoms with Gasteiger partial charge in [0.1, 0.15) is 11.5 Å². The summed E-state index contributed by atoms with van der Waals surface area (Å²) in [5.41, 5.74) is 0.141. The Morgan fingerprint density at radius 2 is 1.51 bits per heavy atom. The molecule has 1 aliphatic carbocycles. The molecule has 0 aliphatic heterocycles. The van der Waals surface area contributed by atoms with Crippen molar-refractivity contribution in [2.45, 2.75) is 84.5 Å². The van der Waals surface area contributed by atoms with Crippen molar-refractivity contribution in [2.75, 3.05) is 13.2 Å². The predicted molar refractivity (Wildman–Crippen MR) is 138 cm³/mol. The molecular weight excluding hydrogens is 443 g/mol. The molecule has 0 radical (unpaired) electrons. The van der Waals surface area contributed by atoms with E-state index < -0.39 is 11.8 Å². The molecule has 3 rings (SSSR count). The minimum atomic E-state index is -0.611. The van der Waals surface area contributed by atoms with Gasteiger partial charge in [0.25, 0.3) is 0 Å². The van der Waals surface area contributed by atoms with Crippen LogP contribution in [0.5, 0.6) is 17.2 Å². The average Bonchev–Trinajstić information content (AvgIpc) is 2.87. The van der Waals surface area contributed by atoms with Crippen molar-refractivity contribution < 1.29 is 23.4 Å². The standard InChI is InChI=1S/C30H41FO4/c1-3-5-6-10-23-11-7-8-12-24(23)13-9-21-33-26-15-17-27(18-16-26)35-30(32)25-14-19-29(28(31)22-25)34-20-4-2/h14-19,22-24H,3-13,20-21H2,1-2H3. The Labute approximate surface area is 210 Å². The molecule has 2 atom stereocenters. The van der Waals surface area contributed by atoms with Gasteiger partial charge in [-0.05, 0) is 73.6 Å². The first-order chi connectivity index (χ1) is 17.1. The van der Waals surface area contributed by atoms with Crippen molar-refractivity contribution in [2.24, 2.45) is 11.8 Å². The largest absolute Gasteiger partial charge is 0.494 e. The molecule has 2 aromatic rings. The molecular formula is C30H41FO4. The topological polar surface area (TPSA) is 44.8 Å². The van der Waals surface area contributed by atoms with Gasteiger partial charge in [0.2, 0.25) is 0 Å². The van der Waals surface area contributed by atoms with Crippen molar-refractivity contribution in [1.29, 1.82) is 0 Å².